The molecule has 0 radical (unpaired) electrons. The van der Waals surface area contributed by atoms with E-state index in [1.54, 1.807) is 6.07 Å². The fourth-order valence-corrected chi connectivity index (χ4v) is 3.24. The fourth-order valence-electron chi connectivity index (χ4n) is 3.24. The number of amides is 1. The van der Waals surface area contributed by atoms with Crippen molar-refractivity contribution in [2.45, 2.75) is 25.8 Å². The van der Waals surface area contributed by atoms with E-state index in [0.717, 1.165) is 30.3 Å². The Labute approximate surface area is 134 Å². The van der Waals surface area contributed by atoms with Crippen LogP contribution in [0.2, 0.25) is 0 Å². The molecule has 1 fully saturated rings. The SMILES string of the molecule is C[C@H]1CCCN1C(=O)c1cc(-c2ccc3ccccc3c2)on1. The van der Waals surface area contributed by atoms with Gasteiger partial charge in [-0.2, -0.15) is 0 Å². The van der Waals surface area contributed by atoms with E-state index in [2.05, 4.69) is 36.3 Å². The second-order valence-electron chi connectivity index (χ2n) is 6.13. The van der Waals surface area contributed by atoms with Crippen molar-refractivity contribution in [1.82, 2.24) is 10.1 Å². The molecule has 1 saturated heterocycles. The standard InChI is InChI=1S/C19H18N2O2/c1-13-5-4-10-21(13)19(22)17-12-18(23-20-17)16-9-8-14-6-2-3-7-15(14)11-16/h2-3,6-9,11-13H,4-5,10H2,1H3/t13-/m0/s1. The van der Waals surface area contributed by atoms with Gasteiger partial charge in [0.1, 0.15) is 0 Å². The number of fused-ring (bicyclic) bond motifs is 1. The highest BCUT2D eigenvalue weighted by Crippen LogP contribution is 2.26. The first-order valence-electron chi connectivity index (χ1n) is 7.99. The Hall–Kier alpha value is -2.62. The molecule has 4 rings (SSSR count). The van der Waals surface area contributed by atoms with Gasteiger partial charge in [0.15, 0.2) is 11.5 Å². The Morgan fingerprint density at radius 2 is 2.00 bits per heavy atom. The summed E-state index contributed by atoms with van der Waals surface area (Å²) < 4.78 is 5.42. The highest BCUT2D eigenvalue weighted by molar-refractivity contribution is 5.94. The van der Waals surface area contributed by atoms with E-state index in [4.69, 9.17) is 4.52 Å². The predicted molar refractivity (Wildman–Crippen MR) is 89.2 cm³/mol. The van der Waals surface area contributed by atoms with Crippen molar-refractivity contribution in [3.63, 3.8) is 0 Å². The number of nitrogens with zero attached hydrogens (tertiary/aromatic N) is 2. The summed E-state index contributed by atoms with van der Waals surface area (Å²) >= 11 is 0. The molecular weight excluding hydrogens is 288 g/mol. The average Bonchev–Trinajstić information content (AvgIpc) is 3.23. The molecule has 2 aromatic carbocycles. The van der Waals surface area contributed by atoms with Gasteiger partial charge in [-0.15, -0.1) is 0 Å². The third-order valence-electron chi connectivity index (χ3n) is 4.58. The van der Waals surface area contributed by atoms with Crippen molar-refractivity contribution in [3.8, 4) is 11.3 Å². The Kier molecular flexibility index (Phi) is 3.37. The minimum atomic E-state index is -0.0363. The Morgan fingerprint density at radius 3 is 2.78 bits per heavy atom. The Bertz CT molecular complexity index is 868. The zero-order chi connectivity index (χ0) is 15.8. The van der Waals surface area contributed by atoms with Crippen LogP contribution in [-0.4, -0.2) is 28.6 Å². The van der Waals surface area contributed by atoms with Gasteiger partial charge >= 0.3 is 0 Å². The second kappa shape index (κ2) is 5.54. The maximum atomic E-state index is 12.5. The van der Waals surface area contributed by atoms with Crippen molar-refractivity contribution in [2.24, 2.45) is 0 Å². The number of hydrogen-bond donors (Lipinski definition) is 0. The summed E-state index contributed by atoms with van der Waals surface area (Å²) in [6.45, 7) is 2.88. The van der Waals surface area contributed by atoms with Crippen LogP contribution in [-0.2, 0) is 0 Å². The van der Waals surface area contributed by atoms with Crippen LogP contribution in [0.3, 0.4) is 0 Å². The monoisotopic (exact) mass is 306 g/mol. The number of likely N-dealkylation sites (tertiary alicyclic amines) is 1. The van der Waals surface area contributed by atoms with Gasteiger partial charge in [-0.3, -0.25) is 4.79 Å². The number of carbonyl (C=O) groups excluding carboxylic acids is 1. The molecule has 0 spiro atoms. The van der Waals surface area contributed by atoms with E-state index in [9.17, 15) is 4.79 Å². The van der Waals surface area contributed by atoms with Gasteiger partial charge in [0.25, 0.3) is 5.91 Å². The smallest absolute Gasteiger partial charge is 0.276 e. The van der Waals surface area contributed by atoms with Crippen LogP contribution in [0.15, 0.2) is 53.1 Å². The van der Waals surface area contributed by atoms with E-state index >= 15 is 0 Å². The molecule has 4 nitrogen and oxygen atoms in total. The van der Waals surface area contributed by atoms with Gasteiger partial charge in [0, 0.05) is 24.2 Å². The topological polar surface area (TPSA) is 46.3 Å². The van der Waals surface area contributed by atoms with E-state index in [1.807, 2.05) is 23.1 Å². The first-order chi connectivity index (χ1) is 11.2. The molecule has 3 aromatic rings. The third-order valence-corrected chi connectivity index (χ3v) is 4.58. The molecule has 0 N–H and O–H groups in total. The summed E-state index contributed by atoms with van der Waals surface area (Å²) in [7, 11) is 0. The van der Waals surface area contributed by atoms with Gasteiger partial charge < -0.3 is 9.42 Å². The first kappa shape index (κ1) is 14.0. The van der Waals surface area contributed by atoms with Crippen LogP contribution in [0.25, 0.3) is 22.1 Å². The zero-order valence-electron chi connectivity index (χ0n) is 13.0. The zero-order valence-corrected chi connectivity index (χ0v) is 13.0. The summed E-state index contributed by atoms with van der Waals surface area (Å²) in [5.41, 5.74) is 1.33. The maximum Gasteiger partial charge on any atom is 0.276 e. The van der Waals surface area contributed by atoms with Crippen molar-refractivity contribution in [1.29, 1.82) is 0 Å². The molecule has 0 saturated carbocycles. The molecule has 116 valence electrons. The van der Waals surface area contributed by atoms with Crippen molar-refractivity contribution in [3.05, 3.63) is 54.2 Å². The molecule has 1 aromatic heterocycles. The number of rotatable bonds is 2. The first-order valence-corrected chi connectivity index (χ1v) is 7.99. The van der Waals surface area contributed by atoms with Gasteiger partial charge in [0.2, 0.25) is 0 Å². The molecule has 4 heteroatoms. The van der Waals surface area contributed by atoms with Gasteiger partial charge in [-0.05, 0) is 36.6 Å². The minimum Gasteiger partial charge on any atom is -0.355 e. The molecule has 2 heterocycles. The lowest BCUT2D eigenvalue weighted by molar-refractivity contribution is 0.0737. The van der Waals surface area contributed by atoms with Gasteiger partial charge in [0.05, 0.1) is 0 Å². The normalized spacial score (nSPS) is 17.8. The minimum absolute atomic E-state index is 0.0363. The number of benzene rings is 2. The van der Waals surface area contributed by atoms with Crippen molar-refractivity contribution >= 4 is 16.7 Å². The molecule has 1 aliphatic rings. The summed E-state index contributed by atoms with van der Waals surface area (Å²) in [6.07, 6.45) is 2.11. The molecule has 0 bridgehead atoms. The summed E-state index contributed by atoms with van der Waals surface area (Å²) in [5.74, 6) is 0.594. The molecule has 1 aliphatic heterocycles. The molecular formula is C19H18N2O2. The molecule has 23 heavy (non-hydrogen) atoms. The average molecular weight is 306 g/mol. The highest BCUT2D eigenvalue weighted by atomic mass is 16.5. The van der Waals surface area contributed by atoms with Crippen LogP contribution in [0, 0.1) is 0 Å². The molecule has 0 unspecified atom stereocenters. The Balaban J connectivity index is 1.65. The van der Waals surface area contributed by atoms with E-state index in [1.165, 1.54) is 5.39 Å². The number of aromatic nitrogens is 1. The number of carbonyl (C=O) groups is 1. The van der Waals surface area contributed by atoms with Gasteiger partial charge in [-0.1, -0.05) is 41.6 Å². The lowest BCUT2D eigenvalue weighted by atomic mass is 10.1. The van der Waals surface area contributed by atoms with Crippen LogP contribution in [0.5, 0.6) is 0 Å². The van der Waals surface area contributed by atoms with Crippen LogP contribution in [0.4, 0.5) is 0 Å². The molecule has 1 amide bonds. The van der Waals surface area contributed by atoms with Crippen molar-refractivity contribution in [2.75, 3.05) is 6.54 Å². The van der Waals surface area contributed by atoms with Crippen LogP contribution >= 0.6 is 0 Å². The van der Waals surface area contributed by atoms with Crippen LogP contribution < -0.4 is 0 Å². The predicted octanol–water partition coefficient (Wildman–Crippen LogP) is 4.12. The lowest BCUT2D eigenvalue weighted by Gasteiger charge is -2.19. The van der Waals surface area contributed by atoms with E-state index < -0.39 is 0 Å². The van der Waals surface area contributed by atoms with E-state index in [0.29, 0.717) is 11.5 Å². The number of hydrogen-bond acceptors (Lipinski definition) is 3. The Morgan fingerprint density at radius 1 is 1.17 bits per heavy atom. The molecule has 0 aliphatic carbocycles. The van der Waals surface area contributed by atoms with E-state index in [-0.39, 0.29) is 11.9 Å². The second-order valence-corrected chi connectivity index (χ2v) is 6.13. The largest absolute Gasteiger partial charge is 0.355 e. The van der Waals surface area contributed by atoms with Crippen LogP contribution in [0.1, 0.15) is 30.3 Å². The lowest BCUT2D eigenvalue weighted by Crippen LogP contribution is -2.33. The van der Waals surface area contributed by atoms with Crippen molar-refractivity contribution < 1.29 is 9.32 Å². The van der Waals surface area contributed by atoms with Gasteiger partial charge in [-0.25, -0.2) is 0 Å². The quantitative estimate of drug-likeness (QED) is 0.715. The summed E-state index contributed by atoms with van der Waals surface area (Å²) in [5, 5.41) is 6.31. The molecule has 1 atom stereocenters. The summed E-state index contributed by atoms with van der Waals surface area (Å²) in [4.78, 5) is 14.4. The maximum absolute atomic E-state index is 12.5. The summed E-state index contributed by atoms with van der Waals surface area (Å²) in [6, 6.07) is 16.3. The fraction of sp³-hybridized carbons (Fsp3) is 0.263. The third kappa shape index (κ3) is 2.50. The highest BCUT2D eigenvalue weighted by Gasteiger charge is 2.28.